The van der Waals surface area contributed by atoms with E-state index in [0.29, 0.717) is 31.5 Å². The summed E-state index contributed by atoms with van der Waals surface area (Å²) in [4.78, 5) is 5.21. The normalized spacial score (nSPS) is 17.5. The van der Waals surface area contributed by atoms with Crippen molar-refractivity contribution >= 4 is 21.8 Å². The minimum Gasteiger partial charge on any atom is -0.376 e. The summed E-state index contributed by atoms with van der Waals surface area (Å²) in [6.45, 7) is 18.0. The third-order valence-electron chi connectivity index (χ3n) is 5.87. The van der Waals surface area contributed by atoms with Gasteiger partial charge in [0.05, 0.1) is 13.7 Å². The van der Waals surface area contributed by atoms with Crippen LogP contribution in [-0.2, 0) is 0 Å². The molecule has 0 atom stereocenters. The molecular weight excluding hydrogens is 306 g/mol. The quantitative estimate of drug-likeness (QED) is 0.569. The Morgan fingerprint density at radius 3 is 1.62 bits per heavy atom. The van der Waals surface area contributed by atoms with Gasteiger partial charge in [0.1, 0.15) is 0 Å². The lowest BCUT2D eigenvalue weighted by Crippen LogP contribution is -2.77. The van der Waals surface area contributed by atoms with Crippen LogP contribution in [0.4, 0.5) is 0 Å². The van der Waals surface area contributed by atoms with Crippen LogP contribution in [0.2, 0.25) is 19.6 Å². The molecule has 1 aromatic carbocycles. The van der Waals surface area contributed by atoms with E-state index in [2.05, 4.69) is 101 Å². The van der Waals surface area contributed by atoms with Gasteiger partial charge >= 0.3 is 0 Å². The fraction of sp³-hybridized carbons (Fsp3) is 0.632. The van der Waals surface area contributed by atoms with Crippen LogP contribution in [0.25, 0.3) is 0 Å². The fourth-order valence-corrected chi connectivity index (χ4v) is 6.67. The van der Waals surface area contributed by atoms with E-state index in [-0.39, 0.29) is 0 Å². The molecule has 0 amide bonds. The fourth-order valence-electron chi connectivity index (χ4n) is 4.13. The average Bonchev–Trinajstić information content (AvgIpc) is 2.45. The molecule has 1 aromatic rings. The lowest BCUT2D eigenvalue weighted by molar-refractivity contribution is 0.402. The molecule has 0 N–H and O–H groups in total. The Morgan fingerprint density at radius 2 is 1.29 bits per heavy atom. The van der Waals surface area contributed by atoms with Crippen molar-refractivity contribution in [3.8, 4) is 0 Å². The predicted octanol–water partition coefficient (Wildman–Crippen LogP) is 4.06. The van der Waals surface area contributed by atoms with Crippen LogP contribution in [-0.4, -0.2) is 57.6 Å². The zero-order valence-corrected chi connectivity index (χ0v) is 18.2. The lowest BCUT2D eigenvalue weighted by atomic mass is 9.08. The molecule has 0 unspecified atom stereocenters. The highest BCUT2D eigenvalue weighted by molar-refractivity contribution is 7.19. The molecule has 1 fully saturated rings. The first-order chi connectivity index (χ1) is 11.1. The number of hydrogen-bond acceptors (Lipinski definition) is 2. The molecule has 24 heavy (non-hydrogen) atoms. The molecule has 1 aliphatic heterocycles. The van der Waals surface area contributed by atoms with E-state index in [4.69, 9.17) is 0 Å². The molecule has 0 aromatic heterocycles. The number of nitrogens with zero attached hydrogens (tertiary/aromatic N) is 2. The van der Waals surface area contributed by atoms with Gasteiger partial charge in [-0.05, 0) is 26.2 Å². The molecule has 0 aliphatic carbocycles. The zero-order valence-electron chi connectivity index (χ0n) is 17.2. The Labute approximate surface area is 152 Å². The highest BCUT2D eigenvalue weighted by Crippen LogP contribution is 2.48. The van der Waals surface area contributed by atoms with Crippen molar-refractivity contribution in [2.75, 3.05) is 14.1 Å². The SMILES string of the molecule is CC(C)N(C)B1[C-]([Si](C)(C)C)B(N(C)C(C)C)C1c1ccccc1. The summed E-state index contributed by atoms with van der Waals surface area (Å²) in [6, 6.07) is 12.3. The van der Waals surface area contributed by atoms with Crippen molar-refractivity contribution < 1.29 is 0 Å². The molecule has 0 bridgehead atoms. The van der Waals surface area contributed by atoms with Gasteiger partial charge in [-0.25, -0.2) is 0 Å². The Balaban J connectivity index is 2.48. The van der Waals surface area contributed by atoms with Crippen LogP contribution >= 0.6 is 0 Å². The maximum absolute atomic E-state index is 2.61. The van der Waals surface area contributed by atoms with Gasteiger partial charge in [0, 0.05) is 0 Å². The topological polar surface area (TPSA) is 6.48 Å². The summed E-state index contributed by atoms with van der Waals surface area (Å²) in [5.41, 5.74) is 2.07. The standard InChI is InChI=1S/C19H35B2N2Si/c1-15(2)22(5)20-18(17-13-11-10-12-14-17)21(23(6)16(3)4)19(20)24(7,8)9/h10-16,18H,1-9H3/q-1. The van der Waals surface area contributed by atoms with Crippen LogP contribution < -0.4 is 0 Å². The molecule has 1 aliphatic rings. The first-order valence-electron chi connectivity index (χ1n) is 9.43. The van der Waals surface area contributed by atoms with Gasteiger partial charge in [0.15, 0.2) is 0 Å². The number of benzene rings is 1. The van der Waals surface area contributed by atoms with Crippen molar-refractivity contribution in [1.82, 2.24) is 9.62 Å². The monoisotopic (exact) mass is 341 g/mol. The van der Waals surface area contributed by atoms with Crippen LogP contribution in [0.5, 0.6) is 0 Å². The van der Waals surface area contributed by atoms with Crippen molar-refractivity contribution in [2.24, 2.45) is 0 Å². The molecular formula is C19H35B2N2Si-. The van der Waals surface area contributed by atoms with Gasteiger partial charge in [0.2, 0.25) is 0 Å². The molecule has 0 spiro atoms. The van der Waals surface area contributed by atoms with E-state index >= 15 is 0 Å². The van der Waals surface area contributed by atoms with Gasteiger partial charge in [-0.3, -0.25) is 0 Å². The van der Waals surface area contributed by atoms with Gasteiger partial charge in [-0.1, -0.05) is 88.9 Å². The second-order valence-electron chi connectivity index (χ2n) is 9.05. The van der Waals surface area contributed by atoms with Crippen LogP contribution in [0.1, 0.15) is 39.0 Å². The first kappa shape index (κ1) is 19.8. The minimum atomic E-state index is -1.36. The molecule has 5 heteroatoms. The van der Waals surface area contributed by atoms with Gasteiger partial charge in [0.25, 0.3) is 0 Å². The highest BCUT2D eigenvalue weighted by Gasteiger charge is 2.50. The Morgan fingerprint density at radius 1 is 0.875 bits per heavy atom. The summed E-state index contributed by atoms with van der Waals surface area (Å²) in [5, 5.41) is 1.82. The summed E-state index contributed by atoms with van der Waals surface area (Å²) in [6.07, 6.45) is 0. The minimum absolute atomic E-state index is 0.567. The smallest absolute Gasteiger partial charge is 0.0501 e. The molecule has 1 saturated heterocycles. The zero-order chi connectivity index (χ0) is 18.2. The Bertz CT molecular complexity index is 508. The van der Waals surface area contributed by atoms with E-state index in [0.717, 1.165) is 0 Å². The van der Waals surface area contributed by atoms with Crippen LogP contribution in [0.15, 0.2) is 30.3 Å². The number of hydrogen-bond donors (Lipinski definition) is 0. The summed E-state index contributed by atoms with van der Waals surface area (Å²) in [5.74, 6) is 0. The van der Waals surface area contributed by atoms with E-state index in [1.165, 1.54) is 5.56 Å². The molecule has 2 nitrogen and oxygen atoms in total. The summed E-state index contributed by atoms with van der Waals surface area (Å²) < 4.78 is 0. The predicted molar refractivity (Wildman–Crippen MR) is 113 cm³/mol. The summed E-state index contributed by atoms with van der Waals surface area (Å²) >= 11 is 0. The van der Waals surface area contributed by atoms with E-state index in [9.17, 15) is 0 Å². The van der Waals surface area contributed by atoms with Crippen molar-refractivity contribution in [3.05, 3.63) is 41.2 Å². The van der Waals surface area contributed by atoms with Crippen LogP contribution in [0.3, 0.4) is 0 Å². The number of rotatable bonds is 6. The third kappa shape index (κ3) is 3.68. The lowest BCUT2D eigenvalue weighted by Gasteiger charge is -2.72. The molecule has 2 rings (SSSR count). The molecule has 0 radical (unpaired) electrons. The van der Waals surface area contributed by atoms with Crippen molar-refractivity contribution in [3.63, 3.8) is 0 Å². The van der Waals surface area contributed by atoms with Crippen LogP contribution in [0, 0.1) is 5.34 Å². The van der Waals surface area contributed by atoms with Gasteiger partial charge < -0.3 is 15.0 Å². The highest BCUT2D eigenvalue weighted by atomic mass is 28.3. The largest absolute Gasteiger partial charge is 0.376 e. The molecule has 0 saturated carbocycles. The Kier molecular flexibility index (Phi) is 6.10. The third-order valence-corrected chi connectivity index (χ3v) is 8.20. The van der Waals surface area contributed by atoms with Gasteiger partial charge in [-0.15, -0.1) is 8.07 Å². The van der Waals surface area contributed by atoms with E-state index in [1.54, 1.807) is 0 Å². The van der Waals surface area contributed by atoms with Gasteiger partial charge in [-0.2, -0.15) is 0 Å². The summed E-state index contributed by atoms with van der Waals surface area (Å²) in [7, 11) is 3.27. The second-order valence-corrected chi connectivity index (χ2v) is 14.1. The van der Waals surface area contributed by atoms with E-state index in [1.807, 2.05) is 5.34 Å². The second kappa shape index (κ2) is 7.39. The maximum atomic E-state index is 2.61. The van der Waals surface area contributed by atoms with Crippen molar-refractivity contribution in [2.45, 2.75) is 65.1 Å². The Hall–Kier alpha value is -0.513. The average molecular weight is 341 g/mol. The molecule has 132 valence electrons. The molecule has 1 heterocycles. The van der Waals surface area contributed by atoms with Crippen molar-refractivity contribution in [1.29, 1.82) is 0 Å². The first-order valence-corrected chi connectivity index (χ1v) is 12.9. The van der Waals surface area contributed by atoms with E-state index < -0.39 is 8.07 Å². The maximum Gasteiger partial charge on any atom is 0.0501 e.